The molecule has 0 amide bonds. The molecule has 2 aromatic rings. The molecule has 0 atom stereocenters. The number of hydrogen-bond acceptors (Lipinski definition) is 4. The van der Waals surface area contributed by atoms with Gasteiger partial charge in [-0.1, -0.05) is 19.8 Å². The number of nitrogens with two attached hydrogens (primary N) is 1. The van der Waals surface area contributed by atoms with E-state index < -0.39 is 0 Å². The van der Waals surface area contributed by atoms with Crippen molar-refractivity contribution < 1.29 is 0 Å². The van der Waals surface area contributed by atoms with Crippen LogP contribution in [-0.2, 0) is 6.42 Å². The summed E-state index contributed by atoms with van der Waals surface area (Å²) >= 11 is 0. The Kier molecular flexibility index (Phi) is 3.37. The van der Waals surface area contributed by atoms with Crippen LogP contribution in [0.15, 0.2) is 17.1 Å². The Bertz CT molecular complexity index is 576. The lowest BCUT2D eigenvalue weighted by Gasteiger charge is -2.02. The number of hydrogen-bond donors (Lipinski definition) is 2. The van der Waals surface area contributed by atoms with Crippen molar-refractivity contribution >= 4 is 17.0 Å². The van der Waals surface area contributed by atoms with Gasteiger partial charge in [0.1, 0.15) is 5.65 Å². The van der Waals surface area contributed by atoms with Gasteiger partial charge in [-0.2, -0.15) is 4.98 Å². The number of unbranched alkanes of at least 4 members (excludes halogenated alkanes) is 2. The van der Waals surface area contributed by atoms with Gasteiger partial charge in [-0.15, -0.1) is 0 Å². The van der Waals surface area contributed by atoms with Crippen molar-refractivity contribution in [2.45, 2.75) is 32.6 Å². The van der Waals surface area contributed by atoms with Crippen molar-refractivity contribution in [1.29, 1.82) is 0 Å². The molecular weight excluding hydrogens is 216 g/mol. The molecule has 5 nitrogen and oxygen atoms in total. The maximum absolute atomic E-state index is 11.8. The number of pyridine rings is 1. The van der Waals surface area contributed by atoms with Crippen LogP contribution in [0.2, 0.25) is 0 Å². The van der Waals surface area contributed by atoms with Gasteiger partial charge >= 0.3 is 0 Å². The van der Waals surface area contributed by atoms with Crippen LogP contribution in [0.3, 0.4) is 0 Å². The molecule has 0 fully saturated rings. The Morgan fingerprint density at radius 1 is 1.41 bits per heavy atom. The maximum Gasteiger partial charge on any atom is 0.252 e. The van der Waals surface area contributed by atoms with Crippen LogP contribution in [0.1, 0.15) is 31.7 Å². The van der Waals surface area contributed by atoms with E-state index in [0.29, 0.717) is 5.65 Å². The molecule has 0 aliphatic heterocycles. The minimum atomic E-state index is -0.0771. The molecule has 0 bridgehead atoms. The summed E-state index contributed by atoms with van der Waals surface area (Å²) in [4.78, 5) is 22.4. The van der Waals surface area contributed by atoms with Crippen LogP contribution in [0.5, 0.6) is 0 Å². The number of nitrogens with one attached hydrogen (secondary N) is 1. The number of H-pyrrole nitrogens is 1. The third-order valence-corrected chi connectivity index (χ3v) is 2.74. The predicted octanol–water partition coefficient (Wildman–Crippen LogP) is 1.63. The third-order valence-electron chi connectivity index (χ3n) is 2.74. The lowest BCUT2D eigenvalue weighted by Crippen LogP contribution is -2.13. The van der Waals surface area contributed by atoms with Crippen LogP contribution < -0.4 is 11.3 Å². The molecule has 90 valence electrons. The van der Waals surface area contributed by atoms with Crippen LogP contribution in [0.25, 0.3) is 11.0 Å². The fraction of sp³-hybridized carbons (Fsp3) is 0.417. The normalized spacial score (nSPS) is 10.9. The van der Waals surface area contributed by atoms with Crippen LogP contribution in [0.4, 0.5) is 5.95 Å². The molecule has 2 heterocycles. The van der Waals surface area contributed by atoms with Gasteiger partial charge in [0.25, 0.3) is 5.56 Å². The van der Waals surface area contributed by atoms with Crippen molar-refractivity contribution in [2.24, 2.45) is 0 Å². The Morgan fingerprint density at radius 3 is 3.00 bits per heavy atom. The monoisotopic (exact) mass is 232 g/mol. The smallest absolute Gasteiger partial charge is 0.252 e. The minimum absolute atomic E-state index is 0.0771. The molecule has 0 saturated heterocycles. The van der Waals surface area contributed by atoms with Gasteiger partial charge in [-0.05, 0) is 18.9 Å². The first-order valence-electron chi connectivity index (χ1n) is 5.85. The molecule has 0 aliphatic carbocycles. The van der Waals surface area contributed by atoms with Crippen LogP contribution in [-0.4, -0.2) is 15.0 Å². The highest BCUT2D eigenvalue weighted by Crippen LogP contribution is 2.10. The van der Waals surface area contributed by atoms with E-state index in [1.807, 2.05) is 6.07 Å². The number of nitrogens with zero attached hydrogens (tertiary/aromatic N) is 2. The fourth-order valence-electron chi connectivity index (χ4n) is 1.80. The molecule has 0 aromatic carbocycles. The van der Waals surface area contributed by atoms with Crippen LogP contribution >= 0.6 is 0 Å². The summed E-state index contributed by atoms with van der Waals surface area (Å²) in [6.07, 6.45) is 5.74. The second kappa shape index (κ2) is 4.95. The summed E-state index contributed by atoms with van der Waals surface area (Å²) in [5, 5.41) is 0.824. The Morgan fingerprint density at radius 2 is 2.24 bits per heavy atom. The van der Waals surface area contributed by atoms with Gasteiger partial charge in [-0.25, -0.2) is 4.98 Å². The maximum atomic E-state index is 11.8. The standard InChI is InChI=1S/C12H16N4O/c1-2-3-4-5-8-6-9-7-14-12(13)16-10(9)15-11(8)17/h6-7H,2-5H2,1H3,(H3,13,14,15,16,17). The van der Waals surface area contributed by atoms with Crippen molar-refractivity contribution in [2.75, 3.05) is 5.73 Å². The lowest BCUT2D eigenvalue weighted by molar-refractivity contribution is 0.714. The predicted molar refractivity (Wildman–Crippen MR) is 67.8 cm³/mol. The van der Waals surface area contributed by atoms with E-state index in [1.54, 1.807) is 6.20 Å². The summed E-state index contributed by atoms with van der Waals surface area (Å²) < 4.78 is 0. The number of aromatic amines is 1. The van der Waals surface area contributed by atoms with Crippen molar-refractivity contribution in [1.82, 2.24) is 15.0 Å². The molecule has 0 radical (unpaired) electrons. The summed E-state index contributed by atoms with van der Waals surface area (Å²) in [5.41, 5.74) is 6.68. The van der Waals surface area contributed by atoms with E-state index >= 15 is 0 Å². The number of aromatic nitrogens is 3. The van der Waals surface area contributed by atoms with Gasteiger partial charge in [0.05, 0.1) is 0 Å². The van der Waals surface area contributed by atoms with Crippen molar-refractivity contribution in [3.63, 3.8) is 0 Å². The fourth-order valence-corrected chi connectivity index (χ4v) is 1.80. The zero-order chi connectivity index (χ0) is 12.3. The highest BCUT2D eigenvalue weighted by Gasteiger charge is 2.04. The van der Waals surface area contributed by atoms with E-state index in [-0.39, 0.29) is 11.5 Å². The second-order valence-corrected chi connectivity index (χ2v) is 4.11. The summed E-state index contributed by atoms with van der Waals surface area (Å²) in [7, 11) is 0. The Balaban J connectivity index is 2.35. The highest BCUT2D eigenvalue weighted by molar-refractivity contribution is 5.74. The molecular formula is C12H16N4O. The van der Waals surface area contributed by atoms with E-state index in [4.69, 9.17) is 5.73 Å². The zero-order valence-corrected chi connectivity index (χ0v) is 9.86. The SMILES string of the molecule is CCCCCc1cc2cnc(N)nc2[nH]c1=O. The molecule has 5 heteroatoms. The minimum Gasteiger partial charge on any atom is -0.368 e. The van der Waals surface area contributed by atoms with Gasteiger partial charge < -0.3 is 10.7 Å². The Hall–Kier alpha value is -1.91. The van der Waals surface area contributed by atoms with Gasteiger partial charge in [-0.3, -0.25) is 4.79 Å². The summed E-state index contributed by atoms with van der Waals surface area (Å²) in [6.45, 7) is 2.14. The van der Waals surface area contributed by atoms with E-state index in [9.17, 15) is 4.79 Å². The molecule has 0 saturated carbocycles. The Labute approximate surface area is 99.1 Å². The third kappa shape index (κ3) is 2.61. The highest BCUT2D eigenvalue weighted by atomic mass is 16.1. The zero-order valence-electron chi connectivity index (χ0n) is 9.86. The van der Waals surface area contributed by atoms with E-state index in [0.717, 1.165) is 36.6 Å². The molecule has 17 heavy (non-hydrogen) atoms. The quantitative estimate of drug-likeness (QED) is 0.785. The number of nitrogen functional groups attached to an aromatic ring is 1. The number of aryl methyl sites for hydroxylation is 1. The average molecular weight is 232 g/mol. The summed E-state index contributed by atoms with van der Waals surface area (Å²) in [6, 6.07) is 1.85. The van der Waals surface area contributed by atoms with Gasteiger partial charge in [0, 0.05) is 17.1 Å². The van der Waals surface area contributed by atoms with Gasteiger partial charge in [0.15, 0.2) is 0 Å². The summed E-state index contributed by atoms with van der Waals surface area (Å²) in [5.74, 6) is 0.173. The van der Waals surface area contributed by atoms with Crippen LogP contribution in [0, 0.1) is 0 Å². The first-order valence-corrected chi connectivity index (χ1v) is 5.85. The lowest BCUT2D eigenvalue weighted by atomic mass is 10.1. The molecule has 2 rings (SSSR count). The largest absolute Gasteiger partial charge is 0.368 e. The van der Waals surface area contributed by atoms with E-state index in [2.05, 4.69) is 21.9 Å². The van der Waals surface area contributed by atoms with E-state index in [1.165, 1.54) is 0 Å². The molecule has 0 unspecified atom stereocenters. The van der Waals surface area contributed by atoms with Crippen molar-refractivity contribution in [3.8, 4) is 0 Å². The molecule has 0 spiro atoms. The molecule has 3 N–H and O–H groups in total. The second-order valence-electron chi connectivity index (χ2n) is 4.11. The average Bonchev–Trinajstić information content (AvgIpc) is 2.30. The number of anilines is 1. The number of rotatable bonds is 4. The van der Waals surface area contributed by atoms with Crippen molar-refractivity contribution in [3.05, 3.63) is 28.2 Å². The topological polar surface area (TPSA) is 84.7 Å². The first-order chi connectivity index (χ1) is 8.20. The first kappa shape index (κ1) is 11.6. The number of fused-ring (bicyclic) bond motifs is 1. The molecule has 2 aromatic heterocycles. The molecule has 0 aliphatic rings. The van der Waals surface area contributed by atoms with Gasteiger partial charge in [0.2, 0.25) is 5.95 Å².